The Hall–Kier alpha value is -3.14. The average Bonchev–Trinajstić information content (AvgIpc) is 2.83. The lowest BCUT2D eigenvalue weighted by atomic mass is 9.78. The lowest BCUT2D eigenvalue weighted by Crippen LogP contribution is -2.17. The predicted molar refractivity (Wildman–Crippen MR) is 101 cm³/mol. The molecule has 0 fully saturated rings. The predicted octanol–water partition coefficient (Wildman–Crippen LogP) is 5.15. The van der Waals surface area contributed by atoms with Crippen LogP contribution in [0.1, 0.15) is 25.0 Å². The Kier molecular flexibility index (Phi) is 3.19. The zero-order chi connectivity index (χ0) is 17.8. The maximum absolute atomic E-state index is 10.9. The molecular formula is C21H18N2O2. The molecule has 4 nitrogen and oxygen atoms in total. The first-order valence-electron chi connectivity index (χ1n) is 8.19. The number of benzene rings is 3. The van der Waals surface area contributed by atoms with E-state index in [2.05, 4.69) is 38.1 Å². The molecule has 0 saturated carbocycles. The highest BCUT2D eigenvalue weighted by atomic mass is 16.6. The van der Waals surface area contributed by atoms with Gasteiger partial charge in [0.1, 0.15) is 0 Å². The minimum Gasteiger partial charge on any atom is -0.398 e. The maximum Gasteiger partial charge on any atom is 0.269 e. The molecule has 1 aliphatic carbocycles. The number of nitrogen functional groups attached to an aromatic ring is 1. The van der Waals surface area contributed by atoms with Crippen molar-refractivity contribution in [3.63, 3.8) is 0 Å². The summed E-state index contributed by atoms with van der Waals surface area (Å²) >= 11 is 0. The number of nitrogens with zero attached hydrogens (tertiary/aromatic N) is 1. The Balaban J connectivity index is 1.99. The highest BCUT2D eigenvalue weighted by Crippen LogP contribution is 2.53. The summed E-state index contributed by atoms with van der Waals surface area (Å²) in [7, 11) is 0. The second kappa shape index (κ2) is 5.18. The molecule has 0 saturated heterocycles. The van der Waals surface area contributed by atoms with Crippen molar-refractivity contribution in [3.05, 3.63) is 81.9 Å². The second-order valence-electron chi connectivity index (χ2n) is 6.93. The van der Waals surface area contributed by atoms with Crippen LogP contribution in [-0.2, 0) is 5.41 Å². The van der Waals surface area contributed by atoms with E-state index in [1.807, 2.05) is 12.1 Å². The second-order valence-corrected chi connectivity index (χ2v) is 6.93. The first-order chi connectivity index (χ1) is 11.9. The van der Waals surface area contributed by atoms with Crippen LogP contribution in [0.15, 0.2) is 60.7 Å². The van der Waals surface area contributed by atoms with E-state index in [1.165, 1.54) is 34.4 Å². The molecule has 0 aromatic heterocycles. The van der Waals surface area contributed by atoms with Gasteiger partial charge < -0.3 is 5.73 Å². The number of anilines is 1. The number of nitro benzene ring substituents is 1. The minimum absolute atomic E-state index is 0.0810. The first kappa shape index (κ1) is 15.4. The number of rotatable bonds is 2. The smallest absolute Gasteiger partial charge is 0.269 e. The van der Waals surface area contributed by atoms with Crippen molar-refractivity contribution in [2.75, 3.05) is 5.73 Å². The van der Waals surface area contributed by atoms with Crippen LogP contribution < -0.4 is 5.73 Å². The van der Waals surface area contributed by atoms with Crippen LogP contribution in [0.25, 0.3) is 22.3 Å². The Morgan fingerprint density at radius 1 is 0.920 bits per heavy atom. The maximum atomic E-state index is 10.9. The molecule has 4 rings (SSSR count). The van der Waals surface area contributed by atoms with Crippen molar-refractivity contribution in [3.8, 4) is 22.3 Å². The third-order valence-corrected chi connectivity index (χ3v) is 5.12. The number of fused-ring (bicyclic) bond motifs is 3. The van der Waals surface area contributed by atoms with Crippen molar-refractivity contribution >= 4 is 11.4 Å². The van der Waals surface area contributed by atoms with Crippen LogP contribution in [0.4, 0.5) is 11.4 Å². The summed E-state index contributed by atoms with van der Waals surface area (Å²) in [4.78, 5) is 10.5. The van der Waals surface area contributed by atoms with Crippen LogP contribution in [0.5, 0.6) is 0 Å². The topological polar surface area (TPSA) is 69.2 Å². The van der Waals surface area contributed by atoms with Crippen molar-refractivity contribution < 1.29 is 4.92 Å². The van der Waals surface area contributed by atoms with Gasteiger partial charge in [0.15, 0.2) is 0 Å². The molecule has 25 heavy (non-hydrogen) atoms. The molecule has 3 aromatic carbocycles. The lowest BCUT2D eigenvalue weighted by Gasteiger charge is -2.25. The highest BCUT2D eigenvalue weighted by Gasteiger charge is 2.38. The summed E-state index contributed by atoms with van der Waals surface area (Å²) in [6.45, 7) is 4.40. The van der Waals surface area contributed by atoms with Gasteiger partial charge in [0, 0.05) is 28.8 Å². The zero-order valence-electron chi connectivity index (χ0n) is 14.1. The van der Waals surface area contributed by atoms with Crippen LogP contribution in [0, 0.1) is 10.1 Å². The molecule has 4 heteroatoms. The van der Waals surface area contributed by atoms with E-state index < -0.39 is 0 Å². The summed E-state index contributed by atoms with van der Waals surface area (Å²) in [5, 5.41) is 10.9. The van der Waals surface area contributed by atoms with E-state index in [1.54, 1.807) is 12.1 Å². The Morgan fingerprint density at radius 2 is 1.60 bits per heavy atom. The van der Waals surface area contributed by atoms with Crippen LogP contribution >= 0.6 is 0 Å². The molecule has 0 atom stereocenters. The fourth-order valence-corrected chi connectivity index (χ4v) is 3.95. The fraction of sp³-hybridized carbons (Fsp3) is 0.143. The van der Waals surface area contributed by atoms with Crippen LogP contribution in [-0.4, -0.2) is 4.92 Å². The summed E-state index contributed by atoms with van der Waals surface area (Å²) in [6, 6.07) is 19.0. The molecule has 2 N–H and O–H groups in total. The van der Waals surface area contributed by atoms with Crippen molar-refractivity contribution in [1.82, 2.24) is 0 Å². The van der Waals surface area contributed by atoms with Gasteiger partial charge in [-0.25, -0.2) is 0 Å². The molecule has 0 radical (unpaired) electrons. The first-order valence-corrected chi connectivity index (χ1v) is 8.19. The SMILES string of the molecule is CC1(C)c2ccccc2-c2ccc(N)c(-c3ccc([N+](=O)[O-])cc3)c21. The van der Waals surface area contributed by atoms with E-state index in [4.69, 9.17) is 5.73 Å². The molecule has 0 bridgehead atoms. The number of nitro groups is 1. The van der Waals surface area contributed by atoms with Crippen molar-refractivity contribution in [1.29, 1.82) is 0 Å². The zero-order valence-corrected chi connectivity index (χ0v) is 14.1. The monoisotopic (exact) mass is 330 g/mol. The summed E-state index contributed by atoms with van der Waals surface area (Å²) in [6.07, 6.45) is 0. The van der Waals surface area contributed by atoms with Gasteiger partial charge in [-0.1, -0.05) is 44.2 Å². The third kappa shape index (κ3) is 2.14. The average molecular weight is 330 g/mol. The van der Waals surface area contributed by atoms with E-state index in [0.717, 1.165) is 11.1 Å². The molecule has 1 aliphatic rings. The van der Waals surface area contributed by atoms with E-state index in [0.29, 0.717) is 5.69 Å². The number of non-ortho nitro benzene ring substituents is 1. The molecular weight excluding hydrogens is 312 g/mol. The normalized spacial score (nSPS) is 14.0. The van der Waals surface area contributed by atoms with E-state index in [-0.39, 0.29) is 16.0 Å². The summed E-state index contributed by atoms with van der Waals surface area (Å²) in [5.41, 5.74) is 13.7. The standard InChI is InChI=1S/C21H18N2O2/c1-21(2)17-6-4-3-5-15(17)16-11-12-18(22)19(20(16)21)13-7-9-14(10-8-13)23(24)25/h3-12H,22H2,1-2H3. The third-order valence-electron chi connectivity index (χ3n) is 5.12. The number of hydrogen-bond acceptors (Lipinski definition) is 3. The minimum atomic E-state index is -0.387. The Morgan fingerprint density at radius 3 is 2.28 bits per heavy atom. The van der Waals surface area contributed by atoms with Crippen LogP contribution in [0.2, 0.25) is 0 Å². The number of hydrogen-bond donors (Lipinski definition) is 1. The molecule has 0 spiro atoms. The van der Waals surface area contributed by atoms with E-state index in [9.17, 15) is 10.1 Å². The molecule has 3 aromatic rings. The fourth-order valence-electron chi connectivity index (χ4n) is 3.95. The van der Waals surface area contributed by atoms with Gasteiger partial charge in [-0.15, -0.1) is 0 Å². The molecule has 0 heterocycles. The lowest BCUT2D eigenvalue weighted by molar-refractivity contribution is -0.384. The van der Waals surface area contributed by atoms with Gasteiger partial charge in [-0.05, 0) is 46.0 Å². The van der Waals surface area contributed by atoms with Gasteiger partial charge >= 0.3 is 0 Å². The van der Waals surface area contributed by atoms with Gasteiger partial charge in [-0.2, -0.15) is 0 Å². The number of nitrogens with two attached hydrogens (primary N) is 1. The molecule has 0 amide bonds. The molecule has 124 valence electrons. The Labute approximate surface area is 146 Å². The van der Waals surface area contributed by atoms with Gasteiger partial charge in [-0.3, -0.25) is 10.1 Å². The van der Waals surface area contributed by atoms with Crippen molar-refractivity contribution in [2.24, 2.45) is 0 Å². The summed E-state index contributed by atoms with van der Waals surface area (Å²) in [5.74, 6) is 0. The quantitative estimate of drug-likeness (QED) is 0.401. The molecule has 0 aliphatic heterocycles. The van der Waals surface area contributed by atoms with Crippen molar-refractivity contribution in [2.45, 2.75) is 19.3 Å². The summed E-state index contributed by atoms with van der Waals surface area (Å²) < 4.78 is 0. The van der Waals surface area contributed by atoms with Gasteiger partial charge in [0.2, 0.25) is 0 Å². The molecule has 0 unspecified atom stereocenters. The van der Waals surface area contributed by atoms with Crippen LogP contribution in [0.3, 0.4) is 0 Å². The van der Waals surface area contributed by atoms with E-state index >= 15 is 0 Å². The largest absolute Gasteiger partial charge is 0.398 e. The Bertz CT molecular complexity index is 1000. The van der Waals surface area contributed by atoms with Gasteiger partial charge in [0.25, 0.3) is 5.69 Å². The highest BCUT2D eigenvalue weighted by molar-refractivity contribution is 5.93. The van der Waals surface area contributed by atoms with Gasteiger partial charge in [0.05, 0.1) is 4.92 Å².